The van der Waals surface area contributed by atoms with Crippen LogP contribution >= 0.6 is 0 Å². The Labute approximate surface area is 206 Å². The van der Waals surface area contributed by atoms with Crippen molar-refractivity contribution in [3.05, 3.63) is 95.8 Å². The summed E-state index contributed by atoms with van der Waals surface area (Å²) in [6.45, 7) is -0.285. The van der Waals surface area contributed by atoms with Crippen molar-refractivity contribution in [2.24, 2.45) is 5.10 Å². The van der Waals surface area contributed by atoms with Gasteiger partial charge in [0.15, 0.2) is 18.1 Å². The lowest BCUT2D eigenvalue weighted by Gasteiger charge is -2.11. The molecule has 0 unspecified atom stereocenters. The minimum absolute atomic E-state index is 0.103. The second kappa shape index (κ2) is 11.0. The number of phenols is 1. The average Bonchev–Trinajstić information content (AvgIpc) is 2.88. The summed E-state index contributed by atoms with van der Waals surface area (Å²) in [5.41, 5.74) is 3.54. The Kier molecular flexibility index (Phi) is 7.40. The first-order valence-electron chi connectivity index (χ1n) is 10.8. The number of halogens is 1. The van der Waals surface area contributed by atoms with Gasteiger partial charge in [0, 0.05) is 5.69 Å². The summed E-state index contributed by atoms with van der Waals surface area (Å²) in [5, 5.41) is 18.4. The summed E-state index contributed by atoms with van der Waals surface area (Å²) < 4.78 is 23.8. The topological polar surface area (TPSA) is 109 Å². The van der Waals surface area contributed by atoms with E-state index in [1.807, 2.05) is 24.3 Å². The summed E-state index contributed by atoms with van der Waals surface area (Å²) in [5.74, 6) is -0.847. The third-order valence-electron chi connectivity index (χ3n) is 5.16. The standard InChI is InChI=1S/C27H22FN3O5/c1-35-25-12-17(6-11-24(25)36-16-26(33)30-21-9-7-20(28)8-10-21)15-29-31-27(34)22-13-18-4-2-3-5-19(18)14-23(22)32/h2-15,32H,16H2,1H3,(H,30,33)(H,31,34). The molecule has 8 nitrogen and oxygen atoms in total. The Bertz CT molecular complexity index is 1440. The number of ether oxygens (including phenoxy) is 2. The molecule has 9 heteroatoms. The molecule has 0 aromatic heterocycles. The van der Waals surface area contributed by atoms with Gasteiger partial charge in [-0.1, -0.05) is 24.3 Å². The van der Waals surface area contributed by atoms with Gasteiger partial charge < -0.3 is 19.9 Å². The summed E-state index contributed by atoms with van der Waals surface area (Å²) in [7, 11) is 1.45. The maximum Gasteiger partial charge on any atom is 0.275 e. The molecule has 182 valence electrons. The fourth-order valence-corrected chi connectivity index (χ4v) is 3.39. The number of hydrogen-bond acceptors (Lipinski definition) is 6. The predicted octanol–water partition coefficient (Wildman–Crippen LogP) is 4.47. The van der Waals surface area contributed by atoms with Crippen LogP contribution < -0.4 is 20.2 Å². The molecule has 0 aliphatic rings. The van der Waals surface area contributed by atoms with Gasteiger partial charge in [0.2, 0.25) is 0 Å². The van der Waals surface area contributed by atoms with E-state index in [1.165, 1.54) is 43.7 Å². The van der Waals surface area contributed by atoms with E-state index in [0.29, 0.717) is 22.7 Å². The SMILES string of the molecule is COc1cc(C=NNC(=O)c2cc3ccccc3cc2O)ccc1OCC(=O)Nc1ccc(F)cc1. The predicted molar refractivity (Wildman–Crippen MR) is 134 cm³/mol. The summed E-state index contributed by atoms with van der Waals surface area (Å²) >= 11 is 0. The number of hydrogen-bond donors (Lipinski definition) is 3. The lowest BCUT2D eigenvalue weighted by molar-refractivity contribution is -0.118. The molecule has 4 aromatic carbocycles. The van der Waals surface area contributed by atoms with E-state index in [9.17, 15) is 19.1 Å². The molecular weight excluding hydrogens is 465 g/mol. The molecule has 4 rings (SSSR count). The van der Waals surface area contributed by atoms with Crippen molar-refractivity contribution in [3.63, 3.8) is 0 Å². The highest BCUT2D eigenvalue weighted by atomic mass is 19.1. The van der Waals surface area contributed by atoms with Gasteiger partial charge in [-0.3, -0.25) is 9.59 Å². The smallest absolute Gasteiger partial charge is 0.275 e. The molecule has 0 aliphatic carbocycles. The number of phenolic OH excluding ortho intramolecular Hbond substituents is 1. The molecule has 0 spiro atoms. The van der Waals surface area contributed by atoms with Gasteiger partial charge in [0.05, 0.1) is 18.9 Å². The Morgan fingerprint density at radius 3 is 2.42 bits per heavy atom. The molecule has 0 radical (unpaired) electrons. The second-order valence-electron chi connectivity index (χ2n) is 7.67. The quantitative estimate of drug-likeness (QED) is 0.251. The van der Waals surface area contributed by atoms with Crippen LogP contribution in [0.2, 0.25) is 0 Å². The van der Waals surface area contributed by atoms with Crippen molar-refractivity contribution in [3.8, 4) is 17.2 Å². The number of nitrogens with one attached hydrogen (secondary N) is 2. The van der Waals surface area contributed by atoms with E-state index in [1.54, 1.807) is 24.3 Å². The van der Waals surface area contributed by atoms with E-state index < -0.39 is 17.6 Å². The molecular formula is C27H22FN3O5. The normalized spacial score (nSPS) is 10.8. The molecule has 0 atom stereocenters. The van der Waals surface area contributed by atoms with Crippen molar-refractivity contribution in [2.75, 3.05) is 19.0 Å². The highest BCUT2D eigenvalue weighted by molar-refractivity contribution is 6.01. The molecule has 0 saturated carbocycles. The lowest BCUT2D eigenvalue weighted by Crippen LogP contribution is -2.20. The monoisotopic (exact) mass is 487 g/mol. The van der Waals surface area contributed by atoms with Crippen molar-refractivity contribution in [1.29, 1.82) is 0 Å². The van der Waals surface area contributed by atoms with E-state index in [2.05, 4.69) is 15.8 Å². The van der Waals surface area contributed by atoms with Crippen molar-refractivity contribution in [2.45, 2.75) is 0 Å². The van der Waals surface area contributed by atoms with Crippen LogP contribution in [-0.4, -0.2) is 36.9 Å². The number of benzene rings is 4. The van der Waals surface area contributed by atoms with Gasteiger partial charge in [-0.05, 0) is 70.9 Å². The third-order valence-corrected chi connectivity index (χ3v) is 5.16. The van der Waals surface area contributed by atoms with Gasteiger partial charge in [0.1, 0.15) is 11.6 Å². The molecule has 36 heavy (non-hydrogen) atoms. The molecule has 4 aromatic rings. The van der Waals surface area contributed by atoms with E-state index in [4.69, 9.17) is 9.47 Å². The highest BCUT2D eigenvalue weighted by Gasteiger charge is 2.12. The van der Waals surface area contributed by atoms with Crippen molar-refractivity contribution >= 4 is 34.5 Å². The number of nitrogens with zero attached hydrogens (tertiary/aromatic N) is 1. The Morgan fingerprint density at radius 1 is 0.972 bits per heavy atom. The van der Waals surface area contributed by atoms with Crippen molar-refractivity contribution < 1.29 is 28.6 Å². The fourth-order valence-electron chi connectivity index (χ4n) is 3.39. The van der Waals surface area contributed by atoms with Crippen LogP contribution in [0.25, 0.3) is 10.8 Å². The number of hydrazone groups is 1. The first-order valence-corrected chi connectivity index (χ1v) is 10.8. The number of methoxy groups -OCH3 is 1. The zero-order valence-electron chi connectivity index (χ0n) is 19.2. The molecule has 0 bridgehead atoms. The number of aromatic hydroxyl groups is 1. The van der Waals surface area contributed by atoms with Crippen LogP contribution in [0, 0.1) is 5.82 Å². The highest BCUT2D eigenvalue weighted by Crippen LogP contribution is 2.28. The van der Waals surface area contributed by atoms with E-state index in [0.717, 1.165) is 10.8 Å². The van der Waals surface area contributed by atoms with Gasteiger partial charge in [-0.2, -0.15) is 5.10 Å². The first-order chi connectivity index (χ1) is 17.4. The maximum atomic E-state index is 13.0. The maximum absolute atomic E-state index is 13.0. The minimum atomic E-state index is -0.561. The van der Waals surface area contributed by atoms with Gasteiger partial charge in [0.25, 0.3) is 11.8 Å². The first kappa shape index (κ1) is 24.2. The van der Waals surface area contributed by atoms with Crippen molar-refractivity contribution in [1.82, 2.24) is 5.43 Å². The molecule has 0 heterocycles. The molecule has 3 N–H and O–H groups in total. The van der Waals surface area contributed by atoms with Gasteiger partial charge >= 0.3 is 0 Å². The summed E-state index contributed by atoms with van der Waals surface area (Å²) in [6, 6.07) is 20.8. The molecule has 0 aliphatic heterocycles. The minimum Gasteiger partial charge on any atom is -0.507 e. The molecule has 0 saturated heterocycles. The fraction of sp³-hybridized carbons (Fsp3) is 0.0741. The number of rotatable bonds is 8. The van der Waals surface area contributed by atoms with Crippen LogP contribution in [0.4, 0.5) is 10.1 Å². The molecule has 0 fully saturated rings. The van der Waals surface area contributed by atoms with Crippen LogP contribution in [0.5, 0.6) is 17.2 Å². The van der Waals surface area contributed by atoms with Crippen LogP contribution in [0.3, 0.4) is 0 Å². The second-order valence-corrected chi connectivity index (χ2v) is 7.67. The van der Waals surface area contributed by atoms with Gasteiger partial charge in [-0.25, -0.2) is 9.82 Å². The Hall–Kier alpha value is -4.92. The van der Waals surface area contributed by atoms with E-state index >= 15 is 0 Å². The zero-order valence-corrected chi connectivity index (χ0v) is 19.2. The number of carbonyl (C=O) groups excluding carboxylic acids is 2. The molecule has 2 amide bonds. The lowest BCUT2D eigenvalue weighted by atomic mass is 10.1. The van der Waals surface area contributed by atoms with Gasteiger partial charge in [-0.15, -0.1) is 0 Å². The van der Waals surface area contributed by atoms with Crippen LogP contribution in [-0.2, 0) is 4.79 Å². The summed E-state index contributed by atoms with van der Waals surface area (Å²) in [4.78, 5) is 24.6. The average molecular weight is 487 g/mol. The zero-order chi connectivity index (χ0) is 25.5. The van der Waals surface area contributed by atoms with Crippen LogP contribution in [0.15, 0.2) is 84.0 Å². The number of amides is 2. The Morgan fingerprint density at radius 2 is 1.69 bits per heavy atom. The third kappa shape index (κ3) is 5.95. The largest absolute Gasteiger partial charge is 0.507 e. The number of anilines is 1. The number of carbonyl (C=O) groups is 2. The van der Waals surface area contributed by atoms with Crippen LogP contribution in [0.1, 0.15) is 15.9 Å². The Balaban J connectivity index is 1.36. The summed E-state index contributed by atoms with van der Waals surface area (Å²) in [6.07, 6.45) is 1.41. The number of fused-ring (bicyclic) bond motifs is 1. The van der Waals surface area contributed by atoms with E-state index in [-0.39, 0.29) is 17.9 Å².